The van der Waals surface area contributed by atoms with Gasteiger partial charge in [-0.05, 0) is 31.9 Å². The van der Waals surface area contributed by atoms with Crippen LogP contribution in [0.4, 0.5) is 0 Å². The Hall–Kier alpha value is -2.84. The Morgan fingerprint density at radius 2 is 2.00 bits per heavy atom. The third-order valence-corrected chi connectivity index (χ3v) is 5.06. The summed E-state index contributed by atoms with van der Waals surface area (Å²) in [5, 5.41) is 11.8. The van der Waals surface area contributed by atoms with Crippen molar-refractivity contribution in [3.8, 4) is 0 Å². The second-order valence-corrected chi connectivity index (χ2v) is 7.04. The van der Waals surface area contributed by atoms with Gasteiger partial charge in [0, 0.05) is 39.3 Å². The fraction of sp³-hybridized carbons (Fsp3) is 0.556. The number of furan rings is 1. The highest BCUT2D eigenvalue weighted by molar-refractivity contribution is 5.91. The molecule has 2 aromatic heterocycles. The molecule has 1 N–H and O–H groups in total. The fourth-order valence-corrected chi connectivity index (χ4v) is 3.06. The minimum atomic E-state index is -0.0529. The molecule has 1 aliphatic heterocycles. The van der Waals surface area contributed by atoms with Crippen molar-refractivity contribution in [2.45, 2.75) is 32.4 Å². The molecule has 0 unspecified atom stereocenters. The number of nitrogens with zero attached hydrogens (tertiary/aromatic N) is 6. The van der Waals surface area contributed by atoms with Gasteiger partial charge < -0.3 is 24.1 Å². The second kappa shape index (κ2) is 7.42. The first kappa shape index (κ1) is 17.6. The molecule has 2 aromatic rings. The number of rotatable bonds is 4. The molecule has 0 spiro atoms. The van der Waals surface area contributed by atoms with Crippen LogP contribution < -0.4 is 5.32 Å². The second-order valence-electron chi connectivity index (χ2n) is 7.04. The Kier molecular flexibility index (Phi) is 4.83. The van der Waals surface area contributed by atoms with Crippen molar-refractivity contribution < 1.29 is 9.21 Å². The van der Waals surface area contributed by atoms with Gasteiger partial charge >= 0.3 is 0 Å². The minimum Gasteiger partial charge on any atom is -0.459 e. The zero-order valence-corrected chi connectivity index (χ0v) is 15.8. The largest absolute Gasteiger partial charge is 0.459 e. The van der Waals surface area contributed by atoms with Crippen molar-refractivity contribution in [1.82, 2.24) is 29.9 Å². The van der Waals surface area contributed by atoms with Gasteiger partial charge in [0.15, 0.2) is 17.5 Å². The summed E-state index contributed by atoms with van der Waals surface area (Å²) in [6.07, 6.45) is 3.89. The minimum absolute atomic E-state index is 0.0529. The van der Waals surface area contributed by atoms with Gasteiger partial charge in [0.05, 0.1) is 6.26 Å². The zero-order chi connectivity index (χ0) is 18.8. The van der Waals surface area contributed by atoms with Gasteiger partial charge in [0.25, 0.3) is 5.91 Å². The first-order valence-corrected chi connectivity index (χ1v) is 9.35. The Morgan fingerprint density at radius 3 is 2.59 bits per heavy atom. The standard InChI is InChI=1S/C18H25N7O2/c1-13-21-22-16(23(13)2)12-19-18(20-14-5-6-14)25-9-7-24(8-10-25)17(26)15-4-3-11-27-15/h3-4,11,14H,5-10,12H2,1-2H3,(H,19,20). The molecule has 1 amide bonds. The van der Waals surface area contributed by atoms with E-state index in [1.165, 1.54) is 19.1 Å². The van der Waals surface area contributed by atoms with Crippen LogP contribution in [0.15, 0.2) is 27.8 Å². The Bertz CT molecular complexity index is 815. The molecule has 9 heteroatoms. The first-order chi connectivity index (χ1) is 13.1. The van der Waals surface area contributed by atoms with E-state index in [1.807, 2.05) is 23.4 Å². The number of hydrogen-bond acceptors (Lipinski definition) is 5. The molecule has 1 saturated heterocycles. The number of amides is 1. The van der Waals surface area contributed by atoms with Crippen molar-refractivity contribution in [2.24, 2.45) is 12.0 Å². The van der Waals surface area contributed by atoms with Crippen molar-refractivity contribution in [2.75, 3.05) is 26.2 Å². The van der Waals surface area contributed by atoms with Crippen LogP contribution in [0, 0.1) is 6.92 Å². The van der Waals surface area contributed by atoms with Crippen molar-refractivity contribution in [3.63, 3.8) is 0 Å². The highest BCUT2D eigenvalue weighted by Gasteiger charge is 2.28. The summed E-state index contributed by atoms with van der Waals surface area (Å²) in [5.41, 5.74) is 0. The molecule has 0 aromatic carbocycles. The number of aromatic nitrogens is 3. The molecule has 3 heterocycles. The summed E-state index contributed by atoms with van der Waals surface area (Å²) in [5.74, 6) is 2.95. The molecule has 144 valence electrons. The van der Waals surface area contributed by atoms with Crippen LogP contribution in [-0.2, 0) is 13.6 Å². The highest BCUT2D eigenvalue weighted by atomic mass is 16.3. The molecule has 0 bridgehead atoms. The zero-order valence-electron chi connectivity index (χ0n) is 15.8. The molecule has 1 aliphatic carbocycles. The van der Waals surface area contributed by atoms with Crippen molar-refractivity contribution in [1.29, 1.82) is 0 Å². The maximum Gasteiger partial charge on any atom is 0.289 e. The van der Waals surface area contributed by atoms with Gasteiger partial charge in [-0.1, -0.05) is 0 Å². The fourth-order valence-electron chi connectivity index (χ4n) is 3.06. The van der Waals surface area contributed by atoms with Crippen LogP contribution in [0.1, 0.15) is 35.0 Å². The molecule has 4 rings (SSSR count). The van der Waals surface area contributed by atoms with Gasteiger partial charge in [-0.15, -0.1) is 10.2 Å². The molecule has 2 fully saturated rings. The lowest BCUT2D eigenvalue weighted by atomic mass is 10.3. The topological polar surface area (TPSA) is 91.8 Å². The lowest BCUT2D eigenvalue weighted by molar-refractivity contribution is 0.0657. The van der Waals surface area contributed by atoms with E-state index < -0.39 is 0 Å². The van der Waals surface area contributed by atoms with E-state index in [0.717, 1.165) is 30.7 Å². The van der Waals surface area contributed by atoms with E-state index in [4.69, 9.17) is 9.41 Å². The Balaban J connectivity index is 1.40. The van der Waals surface area contributed by atoms with E-state index in [2.05, 4.69) is 20.4 Å². The van der Waals surface area contributed by atoms with Gasteiger partial charge in [0.2, 0.25) is 0 Å². The molecular formula is C18H25N7O2. The number of guanidine groups is 1. The number of aryl methyl sites for hydroxylation is 1. The highest BCUT2D eigenvalue weighted by Crippen LogP contribution is 2.19. The smallest absolute Gasteiger partial charge is 0.289 e. The summed E-state index contributed by atoms with van der Waals surface area (Å²) in [4.78, 5) is 21.2. The molecule has 0 atom stereocenters. The van der Waals surface area contributed by atoms with Crippen LogP contribution in [-0.4, -0.2) is 68.7 Å². The number of hydrogen-bond donors (Lipinski definition) is 1. The third-order valence-electron chi connectivity index (χ3n) is 5.06. The lowest BCUT2D eigenvalue weighted by Crippen LogP contribution is -2.54. The molecule has 0 radical (unpaired) electrons. The van der Waals surface area contributed by atoms with Crippen molar-refractivity contribution in [3.05, 3.63) is 35.8 Å². The predicted molar refractivity (Wildman–Crippen MR) is 99.2 cm³/mol. The van der Waals surface area contributed by atoms with Crippen molar-refractivity contribution >= 4 is 11.9 Å². The molecule has 2 aliphatic rings. The third kappa shape index (κ3) is 3.96. The molecule has 9 nitrogen and oxygen atoms in total. The van der Waals surface area contributed by atoms with Gasteiger partial charge in [-0.2, -0.15) is 0 Å². The SMILES string of the molecule is Cc1nnc(CN=C(NC2CC2)N2CCN(C(=O)c3ccco3)CC2)n1C. The van der Waals surface area contributed by atoms with Gasteiger partial charge in [-0.3, -0.25) is 4.79 Å². The summed E-state index contributed by atoms with van der Waals surface area (Å²) in [7, 11) is 1.95. The summed E-state index contributed by atoms with van der Waals surface area (Å²) < 4.78 is 7.18. The van der Waals surface area contributed by atoms with Gasteiger partial charge in [0.1, 0.15) is 12.4 Å². The van der Waals surface area contributed by atoms with Crippen LogP contribution in [0.25, 0.3) is 0 Å². The van der Waals surface area contributed by atoms with Gasteiger partial charge in [-0.25, -0.2) is 4.99 Å². The van der Waals surface area contributed by atoms with Crippen LogP contribution in [0.3, 0.4) is 0 Å². The Morgan fingerprint density at radius 1 is 1.26 bits per heavy atom. The summed E-state index contributed by atoms with van der Waals surface area (Å²) in [6, 6.07) is 3.95. The maximum absolute atomic E-state index is 12.4. The number of carbonyl (C=O) groups is 1. The molecular weight excluding hydrogens is 346 g/mol. The van der Waals surface area contributed by atoms with E-state index >= 15 is 0 Å². The monoisotopic (exact) mass is 371 g/mol. The normalized spacial score (nSPS) is 18.1. The van der Waals surface area contributed by atoms with E-state index in [1.54, 1.807) is 12.1 Å². The van der Waals surface area contributed by atoms with E-state index in [0.29, 0.717) is 31.4 Å². The number of carbonyl (C=O) groups excluding carboxylic acids is 1. The van der Waals surface area contributed by atoms with Crippen LogP contribution >= 0.6 is 0 Å². The predicted octanol–water partition coefficient (Wildman–Crippen LogP) is 0.783. The number of piperazine rings is 1. The summed E-state index contributed by atoms with van der Waals surface area (Å²) >= 11 is 0. The summed E-state index contributed by atoms with van der Waals surface area (Å²) in [6.45, 7) is 5.18. The van der Waals surface area contributed by atoms with E-state index in [9.17, 15) is 4.79 Å². The average molecular weight is 371 g/mol. The van der Waals surface area contributed by atoms with Crippen LogP contribution in [0.5, 0.6) is 0 Å². The van der Waals surface area contributed by atoms with Crippen LogP contribution in [0.2, 0.25) is 0 Å². The average Bonchev–Trinajstić information content (AvgIpc) is 3.22. The molecule has 27 heavy (non-hydrogen) atoms. The maximum atomic E-state index is 12.4. The number of nitrogens with one attached hydrogen (secondary N) is 1. The van der Waals surface area contributed by atoms with E-state index in [-0.39, 0.29) is 5.91 Å². The quantitative estimate of drug-likeness (QED) is 0.631. The first-order valence-electron chi connectivity index (χ1n) is 9.35. The Labute approximate surface area is 158 Å². The number of aliphatic imine (C=N–C) groups is 1. The molecule has 1 saturated carbocycles. The lowest BCUT2D eigenvalue weighted by Gasteiger charge is -2.36.